The molecule has 0 aliphatic carbocycles. The summed E-state index contributed by atoms with van der Waals surface area (Å²) in [5.74, 6) is 0.660. The van der Waals surface area contributed by atoms with E-state index in [0.717, 1.165) is 12.8 Å². The van der Waals surface area contributed by atoms with Crippen molar-refractivity contribution in [3.05, 3.63) is 17.3 Å². The van der Waals surface area contributed by atoms with Crippen molar-refractivity contribution in [2.24, 2.45) is 5.92 Å². The summed E-state index contributed by atoms with van der Waals surface area (Å²) >= 11 is 5.78. The van der Waals surface area contributed by atoms with Gasteiger partial charge >= 0.3 is 0 Å². The number of nitrogens with two attached hydrogens (primary N) is 1. The molecule has 0 fully saturated rings. The molecule has 1 aromatic rings. The Bertz CT molecular complexity index is 532. The zero-order chi connectivity index (χ0) is 14.6. The molecule has 7 heteroatoms. The molecule has 1 unspecified atom stereocenters. The summed E-state index contributed by atoms with van der Waals surface area (Å²) < 4.78 is 26.8. The highest BCUT2D eigenvalue weighted by atomic mass is 35.5. The van der Waals surface area contributed by atoms with Gasteiger partial charge in [-0.2, -0.15) is 0 Å². The minimum absolute atomic E-state index is 0.0306. The van der Waals surface area contributed by atoms with Crippen molar-refractivity contribution < 1.29 is 8.42 Å². The van der Waals surface area contributed by atoms with Crippen LogP contribution in [0.5, 0.6) is 0 Å². The molecule has 0 aliphatic heterocycles. The van der Waals surface area contributed by atoms with Gasteiger partial charge in [-0.25, -0.2) is 18.1 Å². The van der Waals surface area contributed by atoms with Crippen molar-refractivity contribution in [2.75, 3.05) is 5.73 Å². The van der Waals surface area contributed by atoms with Crippen LogP contribution in [0.2, 0.25) is 5.02 Å². The van der Waals surface area contributed by atoms with Crippen LogP contribution in [0.15, 0.2) is 17.2 Å². The normalized spacial score (nSPS) is 13.7. The maximum Gasteiger partial charge on any atom is 0.242 e. The van der Waals surface area contributed by atoms with Crippen molar-refractivity contribution in [3.8, 4) is 0 Å². The lowest BCUT2D eigenvalue weighted by atomic mass is 10.1. The third kappa shape index (κ3) is 4.97. The maximum absolute atomic E-state index is 12.1. The molecular weight excluding hydrogens is 286 g/mol. The summed E-state index contributed by atoms with van der Waals surface area (Å²) in [6.45, 7) is 6.04. The van der Waals surface area contributed by atoms with Crippen LogP contribution < -0.4 is 10.5 Å². The van der Waals surface area contributed by atoms with Gasteiger partial charge in [-0.1, -0.05) is 25.4 Å². The minimum atomic E-state index is -3.60. The van der Waals surface area contributed by atoms with Gasteiger partial charge in [0.1, 0.15) is 10.7 Å². The number of nitrogens with zero attached hydrogens (tertiary/aromatic N) is 1. The second-order valence-electron chi connectivity index (χ2n) is 5.03. The van der Waals surface area contributed by atoms with Crippen LogP contribution in [0.3, 0.4) is 0 Å². The van der Waals surface area contributed by atoms with Crippen LogP contribution in [0.1, 0.15) is 33.6 Å². The van der Waals surface area contributed by atoms with Crippen molar-refractivity contribution in [2.45, 2.75) is 44.6 Å². The first-order chi connectivity index (χ1) is 8.72. The van der Waals surface area contributed by atoms with E-state index in [1.807, 2.05) is 6.92 Å². The molecule has 108 valence electrons. The monoisotopic (exact) mass is 305 g/mol. The maximum atomic E-state index is 12.1. The topological polar surface area (TPSA) is 85.1 Å². The van der Waals surface area contributed by atoms with Crippen LogP contribution in [0, 0.1) is 5.92 Å². The lowest BCUT2D eigenvalue weighted by molar-refractivity contribution is 0.485. The molecule has 19 heavy (non-hydrogen) atoms. The van der Waals surface area contributed by atoms with E-state index in [9.17, 15) is 8.42 Å². The summed E-state index contributed by atoms with van der Waals surface area (Å²) in [4.78, 5) is 3.78. The summed E-state index contributed by atoms with van der Waals surface area (Å²) in [6.07, 6.45) is 2.95. The first-order valence-electron chi connectivity index (χ1n) is 6.15. The van der Waals surface area contributed by atoms with Gasteiger partial charge in [-0.3, -0.25) is 0 Å². The largest absolute Gasteiger partial charge is 0.382 e. The number of nitrogen functional groups attached to an aromatic ring is 1. The Balaban J connectivity index is 2.77. The average molecular weight is 306 g/mol. The fourth-order valence-corrected chi connectivity index (χ4v) is 3.03. The molecular formula is C12H20ClN3O2S. The van der Waals surface area contributed by atoms with Crippen molar-refractivity contribution in [1.29, 1.82) is 0 Å². The Labute approximate surface area is 119 Å². The lowest BCUT2D eigenvalue weighted by Crippen LogP contribution is -2.32. The number of anilines is 1. The summed E-state index contributed by atoms with van der Waals surface area (Å²) in [5.41, 5.74) is 5.46. The van der Waals surface area contributed by atoms with E-state index in [1.165, 1.54) is 12.3 Å². The van der Waals surface area contributed by atoms with E-state index >= 15 is 0 Å². The first-order valence-corrected chi connectivity index (χ1v) is 8.02. The second-order valence-corrected chi connectivity index (χ2v) is 7.15. The molecule has 0 amide bonds. The highest BCUT2D eigenvalue weighted by Crippen LogP contribution is 2.20. The summed E-state index contributed by atoms with van der Waals surface area (Å²) in [7, 11) is -3.60. The Morgan fingerprint density at radius 1 is 1.37 bits per heavy atom. The fraction of sp³-hybridized carbons (Fsp3) is 0.583. The van der Waals surface area contributed by atoms with Gasteiger partial charge in [-0.15, -0.1) is 0 Å². The third-order valence-electron chi connectivity index (χ3n) is 2.69. The standard InChI is InChI=1S/C12H20ClN3O2S/c1-8(2)4-5-9(3)16-19(17,18)10-6-11(13)12(14)15-7-10/h6-9,16H,4-5H2,1-3H3,(H2,14,15). The van der Waals surface area contributed by atoms with Crippen molar-refractivity contribution in [3.63, 3.8) is 0 Å². The average Bonchev–Trinajstić information content (AvgIpc) is 2.29. The van der Waals surface area contributed by atoms with E-state index in [4.69, 9.17) is 17.3 Å². The predicted molar refractivity (Wildman–Crippen MR) is 77.5 cm³/mol. The van der Waals surface area contributed by atoms with E-state index < -0.39 is 10.0 Å². The zero-order valence-corrected chi connectivity index (χ0v) is 12.9. The molecule has 1 atom stereocenters. The molecule has 0 saturated carbocycles. The Hall–Kier alpha value is -0.850. The first kappa shape index (κ1) is 16.2. The lowest BCUT2D eigenvalue weighted by Gasteiger charge is -2.15. The van der Waals surface area contributed by atoms with Crippen LogP contribution in [0.25, 0.3) is 0 Å². The smallest absolute Gasteiger partial charge is 0.242 e. The Morgan fingerprint density at radius 3 is 2.53 bits per heavy atom. The number of nitrogens with one attached hydrogen (secondary N) is 1. The van der Waals surface area contributed by atoms with Gasteiger partial charge in [0, 0.05) is 12.2 Å². The van der Waals surface area contributed by atoms with Gasteiger partial charge in [0.15, 0.2) is 0 Å². The fourth-order valence-electron chi connectivity index (χ4n) is 1.55. The van der Waals surface area contributed by atoms with Crippen LogP contribution >= 0.6 is 11.6 Å². The van der Waals surface area contributed by atoms with E-state index in [0.29, 0.717) is 5.92 Å². The molecule has 0 aromatic carbocycles. The van der Waals surface area contributed by atoms with Crippen LogP contribution in [-0.4, -0.2) is 19.4 Å². The number of hydrogen-bond donors (Lipinski definition) is 2. The van der Waals surface area contributed by atoms with Crippen LogP contribution in [-0.2, 0) is 10.0 Å². The highest BCUT2D eigenvalue weighted by Gasteiger charge is 2.19. The molecule has 0 bridgehead atoms. The molecule has 0 aliphatic rings. The zero-order valence-electron chi connectivity index (χ0n) is 11.4. The van der Waals surface area contributed by atoms with E-state index in [2.05, 4.69) is 23.6 Å². The van der Waals surface area contributed by atoms with Gasteiger partial charge in [0.25, 0.3) is 0 Å². The molecule has 1 heterocycles. The number of rotatable bonds is 6. The number of aromatic nitrogens is 1. The number of sulfonamides is 1. The second kappa shape index (κ2) is 6.54. The summed E-state index contributed by atoms with van der Waals surface area (Å²) in [6, 6.07) is 1.17. The van der Waals surface area contributed by atoms with Crippen molar-refractivity contribution in [1.82, 2.24) is 9.71 Å². The highest BCUT2D eigenvalue weighted by molar-refractivity contribution is 7.89. The molecule has 0 spiro atoms. The summed E-state index contributed by atoms with van der Waals surface area (Å²) in [5, 5.41) is 0.137. The van der Waals surface area contributed by atoms with Gasteiger partial charge in [-0.05, 0) is 31.7 Å². The van der Waals surface area contributed by atoms with Gasteiger partial charge in [0.2, 0.25) is 10.0 Å². The van der Waals surface area contributed by atoms with Gasteiger partial charge < -0.3 is 5.73 Å². The minimum Gasteiger partial charge on any atom is -0.382 e. The quantitative estimate of drug-likeness (QED) is 0.845. The number of pyridine rings is 1. The molecule has 1 aromatic heterocycles. The molecule has 3 N–H and O–H groups in total. The Kier molecular flexibility index (Phi) is 5.58. The number of halogens is 1. The van der Waals surface area contributed by atoms with E-state index in [-0.39, 0.29) is 21.8 Å². The SMILES string of the molecule is CC(C)CCC(C)NS(=O)(=O)c1cnc(N)c(Cl)c1. The van der Waals surface area contributed by atoms with Crippen molar-refractivity contribution >= 4 is 27.4 Å². The Morgan fingerprint density at radius 2 is 2.00 bits per heavy atom. The molecule has 1 rings (SSSR count). The third-order valence-corrected chi connectivity index (χ3v) is 4.55. The molecule has 5 nitrogen and oxygen atoms in total. The van der Waals surface area contributed by atoms with Crippen LogP contribution in [0.4, 0.5) is 5.82 Å². The number of hydrogen-bond acceptors (Lipinski definition) is 4. The predicted octanol–water partition coefficient (Wildman–Crippen LogP) is 2.42. The van der Waals surface area contributed by atoms with Gasteiger partial charge in [0.05, 0.1) is 5.02 Å². The molecule has 0 saturated heterocycles. The van der Waals surface area contributed by atoms with E-state index in [1.54, 1.807) is 0 Å². The molecule has 0 radical (unpaired) electrons.